The molecule has 0 saturated carbocycles. The molecule has 0 bridgehead atoms. The van der Waals surface area contributed by atoms with Gasteiger partial charge in [-0.25, -0.2) is 4.98 Å². The standard InChI is InChI=1S/C50H38BN5O/c1-35-16-11-17-36(2)48(35)51-53-45-28-15-31-52-50(45)56(51)40-23-13-25-42(33-40)57-41-24-12-22-39(32-41)54-34-55(47-30-10-9-29-46(47)54)49-43(37-18-5-3-6-19-37)26-14-27-44(49)38-20-7-4-8-21-38/h3-33,53H,1-2H3. The maximum Gasteiger partial charge on any atom is 0.415 e. The summed E-state index contributed by atoms with van der Waals surface area (Å²) in [6.07, 6.45) is 5.62. The van der Waals surface area contributed by atoms with Crippen molar-refractivity contribution < 1.29 is 9.30 Å². The molecule has 0 unspecified atom stereocenters. The van der Waals surface area contributed by atoms with E-state index in [0.29, 0.717) is 0 Å². The minimum absolute atomic E-state index is 0.117. The summed E-state index contributed by atoms with van der Waals surface area (Å²) in [5.41, 5.74) is 14.3. The number of para-hydroxylation sites is 3. The fourth-order valence-corrected chi connectivity index (χ4v) is 8.19. The summed E-state index contributed by atoms with van der Waals surface area (Å²) in [5.74, 6) is 2.34. The number of ether oxygens (including phenoxy) is 1. The number of aryl methyl sites for hydroxylation is 2. The van der Waals surface area contributed by atoms with Crippen molar-refractivity contribution in [2.45, 2.75) is 13.8 Å². The van der Waals surface area contributed by atoms with Crippen LogP contribution in [-0.4, -0.2) is 16.5 Å². The van der Waals surface area contributed by atoms with Crippen molar-refractivity contribution in [3.63, 3.8) is 0 Å². The molecule has 2 aromatic heterocycles. The van der Waals surface area contributed by atoms with Gasteiger partial charge in [0.15, 0.2) is 0 Å². The van der Waals surface area contributed by atoms with Gasteiger partial charge in [-0.05, 0) is 84.0 Å². The molecule has 0 radical (unpaired) electrons. The van der Waals surface area contributed by atoms with E-state index in [1.165, 1.54) is 16.6 Å². The number of hydrogen-bond donors (Lipinski definition) is 1. The van der Waals surface area contributed by atoms with Crippen LogP contribution < -0.4 is 24.8 Å². The molecule has 272 valence electrons. The van der Waals surface area contributed by atoms with E-state index in [1.54, 1.807) is 0 Å². The monoisotopic (exact) mass is 735 g/mol. The van der Waals surface area contributed by atoms with Crippen LogP contribution in [0.3, 0.4) is 0 Å². The third kappa shape index (κ3) is 6.20. The van der Waals surface area contributed by atoms with Crippen molar-refractivity contribution in [2.75, 3.05) is 10.0 Å². The summed E-state index contributed by atoms with van der Waals surface area (Å²) < 4.78 is 11.0. The Morgan fingerprint density at radius 2 is 1.19 bits per heavy atom. The lowest BCUT2D eigenvalue weighted by Crippen LogP contribution is -2.50. The minimum atomic E-state index is -0.117. The van der Waals surface area contributed by atoms with E-state index in [9.17, 15) is 0 Å². The molecule has 0 fully saturated rings. The second-order valence-electron chi connectivity index (χ2n) is 14.4. The van der Waals surface area contributed by atoms with Crippen LogP contribution in [0.5, 0.6) is 11.5 Å². The molecule has 1 aliphatic rings. The molecule has 1 N–H and O–H groups in total. The number of rotatable bonds is 8. The summed E-state index contributed by atoms with van der Waals surface area (Å²) in [6.45, 7) is 4.22. The molecule has 7 heteroatoms. The molecular formula is C50H38BN5O. The zero-order chi connectivity index (χ0) is 38.3. The van der Waals surface area contributed by atoms with Crippen molar-refractivity contribution in [1.82, 2.24) is 9.55 Å². The van der Waals surface area contributed by atoms with Gasteiger partial charge in [0.05, 0.1) is 28.1 Å². The molecule has 0 atom stereocenters. The minimum Gasteiger partial charge on any atom is -0.458 e. The fraction of sp³-hybridized carbons (Fsp3) is 0.0400. The van der Waals surface area contributed by atoms with Crippen LogP contribution in [0.1, 0.15) is 11.1 Å². The molecule has 0 saturated heterocycles. The van der Waals surface area contributed by atoms with Crippen molar-refractivity contribution in [3.05, 3.63) is 206 Å². The first-order valence-corrected chi connectivity index (χ1v) is 19.2. The fourth-order valence-electron chi connectivity index (χ4n) is 8.19. The topological polar surface area (TPSA) is 46.2 Å². The first-order valence-electron chi connectivity index (χ1n) is 19.2. The molecule has 0 aliphatic carbocycles. The maximum atomic E-state index is 6.67. The second kappa shape index (κ2) is 14.4. The highest BCUT2D eigenvalue weighted by Crippen LogP contribution is 2.39. The molecule has 0 amide bonds. The Morgan fingerprint density at radius 1 is 0.596 bits per heavy atom. The zero-order valence-corrected chi connectivity index (χ0v) is 31.7. The number of nitrogens with one attached hydrogen (secondary N) is 1. The molecule has 1 aliphatic heterocycles. The van der Waals surface area contributed by atoms with Gasteiger partial charge < -0.3 is 14.8 Å². The van der Waals surface area contributed by atoms with Gasteiger partial charge in [0.2, 0.25) is 0 Å². The van der Waals surface area contributed by atoms with Crippen LogP contribution in [0.2, 0.25) is 0 Å². The molecule has 9 aromatic rings. The number of imidazole rings is 1. The van der Waals surface area contributed by atoms with Crippen molar-refractivity contribution in [2.24, 2.45) is 0 Å². The number of hydrogen-bond acceptors (Lipinski definition) is 4. The quantitative estimate of drug-likeness (QED) is 0.0959. The Morgan fingerprint density at radius 3 is 1.89 bits per heavy atom. The number of aromatic nitrogens is 3. The molecule has 3 heterocycles. The normalized spacial score (nSPS) is 12.1. The van der Waals surface area contributed by atoms with Gasteiger partial charge in [0.25, 0.3) is 6.33 Å². The van der Waals surface area contributed by atoms with Crippen LogP contribution >= 0.6 is 0 Å². The lowest BCUT2D eigenvalue weighted by atomic mass is 9.63. The summed E-state index contributed by atoms with van der Waals surface area (Å²) in [7, 11) is 0. The SMILES string of the molecule is Cc1cccc(C)c1B1Nc2cccnc2N1c1cccc(Oc2cccc(-n3[c-][n+](-c4c(-c5ccccc5)cccc4-c4ccccc4)c4ccccc43)c2)c1. The van der Waals surface area contributed by atoms with Crippen molar-refractivity contribution in [3.8, 4) is 45.1 Å². The Balaban J connectivity index is 1.04. The average Bonchev–Trinajstić information content (AvgIpc) is 3.83. The summed E-state index contributed by atoms with van der Waals surface area (Å²) in [6, 6.07) is 63.2. The largest absolute Gasteiger partial charge is 0.458 e. The van der Waals surface area contributed by atoms with E-state index in [0.717, 1.165) is 73.4 Å². The highest BCUT2D eigenvalue weighted by atomic mass is 16.5. The molecule has 0 spiro atoms. The van der Waals surface area contributed by atoms with Crippen LogP contribution in [0.25, 0.3) is 44.7 Å². The first-order chi connectivity index (χ1) is 28.1. The highest BCUT2D eigenvalue weighted by molar-refractivity contribution is 6.83. The van der Waals surface area contributed by atoms with E-state index >= 15 is 0 Å². The van der Waals surface area contributed by atoms with Crippen LogP contribution in [0, 0.1) is 20.2 Å². The predicted molar refractivity (Wildman–Crippen MR) is 232 cm³/mol. The number of pyridine rings is 1. The van der Waals surface area contributed by atoms with E-state index < -0.39 is 0 Å². The number of benzene rings is 7. The zero-order valence-electron chi connectivity index (χ0n) is 31.7. The van der Waals surface area contributed by atoms with E-state index in [1.807, 2.05) is 36.5 Å². The maximum absolute atomic E-state index is 6.67. The third-order valence-electron chi connectivity index (χ3n) is 10.8. The van der Waals surface area contributed by atoms with E-state index in [-0.39, 0.29) is 6.98 Å². The Labute approximate surface area is 333 Å². The molecular weight excluding hydrogens is 697 g/mol. The van der Waals surface area contributed by atoms with Crippen LogP contribution in [0.4, 0.5) is 17.2 Å². The third-order valence-corrected chi connectivity index (χ3v) is 10.8. The number of fused-ring (bicyclic) bond motifs is 2. The Hall–Kier alpha value is -7.38. The van der Waals surface area contributed by atoms with Crippen LogP contribution in [-0.2, 0) is 0 Å². The Bertz CT molecular complexity index is 2830. The molecule has 7 aromatic carbocycles. The lowest BCUT2D eigenvalue weighted by molar-refractivity contribution is -0.571. The average molecular weight is 736 g/mol. The Kier molecular flexibility index (Phi) is 8.60. The first kappa shape index (κ1) is 34.1. The molecule has 6 nitrogen and oxygen atoms in total. The van der Waals surface area contributed by atoms with E-state index in [2.05, 4.69) is 191 Å². The van der Waals surface area contributed by atoms with Gasteiger partial charge in [0.1, 0.15) is 17.3 Å². The van der Waals surface area contributed by atoms with Gasteiger partial charge in [-0.2, -0.15) is 0 Å². The van der Waals surface area contributed by atoms with Crippen molar-refractivity contribution >= 4 is 40.7 Å². The van der Waals surface area contributed by atoms with Crippen molar-refractivity contribution in [1.29, 1.82) is 0 Å². The summed E-state index contributed by atoms with van der Waals surface area (Å²) >= 11 is 0. The van der Waals surface area contributed by atoms with Crippen LogP contribution in [0.15, 0.2) is 188 Å². The summed E-state index contributed by atoms with van der Waals surface area (Å²) in [4.78, 5) is 7.09. The van der Waals surface area contributed by atoms with E-state index in [4.69, 9.17) is 9.72 Å². The number of anilines is 3. The summed E-state index contributed by atoms with van der Waals surface area (Å²) in [5, 5.41) is 3.74. The predicted octanol–water partition coefficient (Wildman–Crippen LogP) is 10.8. The lowest BCUT2D eigenvalue weighted by Gasteiger charge is -2.26. The highest BCUT2D eigenvalue weighted by Gasteiger charge is 2.39. The van der Waals surface area contributed by atoms with Gasteiger partial charge >= 0.3 is 6.98 Å². The molecule has 57 heavy (non-hydrogen) atoms. The van der Waals surface area contributed by atoms with Gasteiger partial charge in [-0.1, -0.05) is 145 Å². The second-order valence-corrected chi connectivity index (χ2v) is 14.4. The molecule has 10 rings (SSSR count). The smallest absolute Gasteiger partial charge is 0.415 e. The van der Waals surface area contributed by atoms with Gasteiger partial charge in [-0.3, -0.25) is 9.13 Å². The van der Waals surface area contributed by atoms with Gasteiger partial charge in [-0.15, -0.1) is 0 Å². The van der Waals surface area contributed by atoms with Gasteiger partial charge in [0, 0.05) is 18.0 Å². The number of nitrogens with zero attached hydrogens (tertiary/aromatic N) is 4.